The lowest BCUT2D eigenvalue weighted by Gasteiger charge is -2.04. The molecule has 82 valence electrons. The van der Waals surface area contributed by atoms with Gasteiger partial charge in [0.15, 0.2) is 0 Å². The van der Waals surface area contributed by atoms with E-state index in [-0.39, 0.29) is 6.10 Å². The van der Waals surface area contributed by atoms with Crippen LogP contribution in [-0.2, 0) is 0 Å². The summed E-state index contributed by atoms with van der Waals surface area (Å²) in [5, 5.41) is 17.0. The molecule has 1 atom stereocenters. The van der Waals surface area contributed by atoms with Crippen molar-refractivity contribution in [3.8, 4) is 0 Å². The Kier molecular flexibility index (Phi) is 11.8. The molecule has 0 amide bonds. The summed E-state index contributed by atoms with van der Waals surface area (Å²) >= 11 is 0. The standard InChI is InChI=1S/C6H14O.C5H12O/c1-5(2)4-6(3)7;1-5(2)3-4-6/h5-7H,4H2,1-3H3;5-6H,3-4H2,1-2H3/t6-;/m0./s1. The Labute approximate surface area is 83.0 Å². The van der Waals surface area contributed by atoms with Crippen molar-refractivity contribution < 1.29 is 10.2 Å². The first-order valence-electron chi connectivity index (χ1n) is 5.19. The van der Waals surface area contributed by atoms with E-state index in [1.807, 2.05) is 6.92 Å². The highest BCUT2D eigenvalue weighted by atomic mass is 16.3. The maximum absolute atomic E-state index is 8.72. The van der Waals surface area contributed by atoms with Gasteiger partial charge in [-0.05, 0) is 31.6 Å². The van der Waals surface area contributed by atoms with Crippen LogP contribution in [0.1, 0.15) is 47.5 Å². The minimum absolute atomic E-state index is 0.125. The average Bonchev–Trinajstić information content (AvgIpc) is 1.83. The van der Waals surface area contributed by atoms with Crippen molar-refractivity contribution in [3.05, 3.63) is 0 Å². The molecule has 13 heavy (non-hydrogen) atoms. The number of aliphatic hydroxyl groups excluding tert-OH is 2. The zero-order chi connectivity index (χ0) is 10.9. The van der Waals surface area contributed by atoms with E-state index in [9.17, 15) is 0 Å². The van der Waals surface area contributed by atoms with Gasteiger partial charge in [0, 0.05) is 6.61 Å². The van der Waals surface area contributed by atoms with Crippen molar-refractivity contribution in [1.82, 2.24) is 0 Å². The summed E-state index contributed by atoms with van der Waals surface area (Å²) < 4.78 is 0. The molecule has 0 bridgehead atoms. The summed E-state index contributed by atoms with van der Waals surface area (Å²) in [4.78, 5) is 0. The Morgan fingerprint density at radius 2 is 1.38 bits per heavy atom. The van der Waals surface area contributed by atoms with Gasteiger partial charge in [0.2, 0.25) is 0 Å². The van der Waals surface area contributed by atoms with E-state index in [0.29, 0.717) is 18.4 Å². The smallest absolute Gasteiger partial charge is 0.0514 e. The quantitative estimate of drug-likeness (QED) is 0.715. The summed E-state index contributed by atoms with van der Waals surface area (Å²) in [7, 11) is 0. The monoisotopic (exact) mass is 190 g/mol. The topological polar surface area (TPSA) is 40.5 Å². The molecule has 0 rings (SSSR count). The van der Waals surface area contributed by atoms with Crippen LogP contribution in [0.4, 0.5) is 0 Å². The molecule has 0 aliphatic heterocycles. The second-order valence-corrected chi connectivity index (χ2v) is 4.38. The van der Waals surface area contributed by atoms with Crippen LogP contribution in [0.3, 0.4) is 0 Å². The fourth-order valence-electron chi connectivity index (χ4n) is 0.940. The molecule has 2 nitrogen and oxygen atoms in total. The minimum atomic E-state index is -0.125. The third-order valence-corrected chi connectivity index (χ3v) is 1.52. The lowest BCUT2D eigenvalue weighted by Crippen LogP contribution is -2.03. The van der Waals surface area contributed by atoms with E-state index in [4.69, 9.17) is 10.2 Å². The highest BCUT2D eigenvalue weighted by molar-refractivity contribution is 4.49. The molecule has 0 aliphatic carbocycles. The highest BCUT2D eigenvalue weighted by Crippen LogP contribution is 2.01. The Balaban J connectivity index is 0. The van der Waals surface area contributed by atoms with Crippen LogP contribution < -0.4 is 0 Å². The third kappa shape index (κ3) is 24.5. The van der Waals surface area contributed by atoms with Gasteiger partial charge in [-0.15, -0.1) is 0 Å². The van der Waals surface area contributed by atoms with Gasteiger partial charge in [0.05, 0.1) is 6.10 Å². The fraction of sp³-hybridized carbons (Fsp3) is 1.00. The fourth-order valence-corrected chi connectivity index (χ4v) is 0.940. The summed E-state index contributed by atoms with van der Waals surface area (Å²) in [5.41, 5.74) is 0. The van der Waals surface area contributed by atoms with Gasteiger partial charge in [-0.3, -0.25) is 0 Å². The normalized spacial score (nSPS) is 12.7. The predicted molar refractivity (Wildman–Crippen MR) is 57.7 cm³/mol. The van der Waals surface area contributed by atoms with Crippen molar-refractivity contribution in [2.24, 2.45) is 11.8 Å². The summed E-state index contributed by atoms with van der Waals surface area (Å²) in [6.07, 6.45) is 1.72. The van der Waals surface area contributed by atoms with Gasteiger partial charge < -0.3 is 10.2 Å². The van der Waals surface area contributed by atoms with Gasteiger partial charge >= 0.3 is 0 Å². The summed E-state index contributed by atoms with van der Waals surface area (Å²) in [6, 6.07) is 0. The number of rotatable bonds is 4. The first-order chi connectivity index (χ1) is 5.90. The van der Waals surface area contributed by atoms with E-state index in [1.54, 1.807) is 0 Å². The maximum Gasteiger partial charge on any atom is 0.0514 e. The van der Waals surface area contributed by atoms with Crippen molar-refractivity contribution in [2.75, 3.05) is 6.61 Å². The number of hydrogen-bond acceptors (Lipinski definition) is 2. The molecule has 0 aromatic rings. The molecular weight excluding hydrogens is 164 g/mol. The van der Waals surface area contributed by atoms with E-state index in [1.165, 1.54) is 0 Å². The van der Waals surface area contributed by atoms with Crippen molar-refractivity contribution in [1.29, 1.82) is 0 Å². The first kappa shape index (κ1) is 15.4. The second kappa shape index (κ2) is 10.0. The van der Waals surface area contributed by atoms with Gasteiger partial charge in [0.1, 0.15) is 0 Å². The van der Waals surface area contributed by atoms with Gasteiger partial charge in [-0.25, -0.2) is 0 Å². The lowest BCUT2D eigenvalue weighted by atomic mass is 10.1. The molecule has 2 N–H and O–H groups in total. The zero-order valence-electron chi connectivity index (χ0n) is 9.75. The van der Waals surface area contributed by atoms with E-state index in [2.05, 4.69) is 27.7 Å². The van der Waals surface area contributed by atoms with Crippen LogP contribution in [0.15, 0.2) is 0 Å². The molecule has 0 aliphatic rings. The Morgan fingerprint density at radius 1 is 0.923 bits per heavy atom. The molecule has 0 heterocycles. The molecule has 0 radical (unpaired) electrons. The molecular formula is C11H26O2. The van der Waals surface area contributed by atoms with Crippen LogP contribution in [0, 0.1) is 11.8 Å². The maximum atomic E-state index is 8.72. The minimum Gasteiger partial charge on any atom is -0.396 e. The average molecular weight is 190 g/mol. The molecule has 0 unspecified atom stereocenters. The molecule has 0 aromatic heterocycles. The third-order valence-electron chi connectivity index (χ3n) is 1.52. The molecule has 0 spiro atoms. The van der Waals surface area contributed by atoms with Crippen molar-refractivity contribution >= 4 is 0 Å². The predicted octanol–water partition coefficient (Wildman–Crippen LogP) is 2.44. The van der Waals surface area contributed by atoms with Crippen LogP contribution >= 0.6 is 0 Å². The van der Waals surface area contributed by atoms with E-state index in [0.717, 1.165) is 12.8 Å². The van der Waals surface area contributed by atoms with Crippen LogP contribution in [0.2, 0.25) is 0 Å². The first-order valence-corrected chi connectivity index (χ1v) is 5.19. The van der Waals surface area contributed by atoms with Crippen LogP contribution in [-0.4, -0.2) is 22.9 Å². The van der Waals surface area contributed by atoms with E-state index >= 15 is 0 Å². The Hall–Kier alpha value is -0.0800. The largest absolute Gasteiger partial charge is 0.396 e. The van der Waals surface area contributed by atoms with Crippen LogP contribution in [0.25, 0.3) is 0 Å². The number of hydrogen-bond donors (Lipinski definition) is 2. The van der Waals surface area contributed by atoms with E-state index < -0.39 is 0 Å². The molecule has 0 fully saturated rings. The second-order valence-electron chi connectivity index (χ2n) is 4.38. The van der Waals surface area contributed by atoms with Gasteiger partial charge in [-0.1, -0.05) is 27.7 Å². The number of aliphatic hydroxyl groups is 2. The van der Waals surface area contributed by atoms with Gasteiger partial charge in [0.25, 0.3) is 0 Å². The highest BCUT2D eigenvalue weighted by Gasteiger charge is 1.97. The Morgan fingerprint density at radius 3 is 1.38 bits per heavy atom. The molecule has 0 saturated carbocycles. The van der Waals surface area contributed by atoms with Gasteiger partial charge in [-0.2, -0.15) is 0 Å². The van der Waals surface area contributed by atoms with Crippen LogP contribution in [0.5, 0.6) is 0 Å². The SMILES string of the molecule is CC(C)CCO.CC(C)C[C@H](C)O. The molecule has 0 saturated heterocycles. The Bertz CT molecular complexity index is 82.1. The summed E-state index contributed by atoms with van der Waals surface area (Å²) in [6.45, 7) is 10.5. The van der Waals surface area contributed by atoms with Crippen molar-refractivity contribution in [3.63, 3.8) is 0 Å². The molecule has 2 heteroatoms. The molecule has 0 aromatic carbocycles. The van der Waals surface area contributed by atoms with Crippen molar-refractivity contribution in [2.45, 2.75) is 53.6 Å². The lowest BCUT2D eigenvalue weighted by molar-refractivity contribution is 0.168. The summed E-state index contributed by atoms with van der Waals surface area (Å²) in [5.74, 6) is 1.27. The zero-order valence-corrected chi connectivity index (χ0v) is 9.75.